The lowest BCUT2D eigenvalue weighted by Crippen LogP contribution is -2.48. The number of rotatable bonds is 3. The minimum absolute atomic E-state index is 0.309. The van der Waals surface area contributed by atoms with Crippen molar-refractivity contribution < 1.29 is 9.53 Å². The van der Waals surface area contributed by atoms with Crippen molar-refractivity contribution in [3.63, 3.8) is 0 Å². The molecule has 0 bridgehead atoms. The van der Waals surface area contributed by atoms with Crippen LogP contribution < -0.4 is 5.73 Å². The summed E-state index contributed by atoms with van der Waals surface area (Å²) in [4.78, 5) is 12.0. The molecule has 1 aliphatic carbocycles. The highest BCUT2D eigenvalue weighted by molar-refractivity contribution is 5.80. The van der Waals surface area contributed by atoms with Crippen molar-refractivity contribution in [1.82, 2.24) is 0 Å². The van der Waals surface area contributed by atoms with Crippen LogP contribution in [0.1, 0.15) is 59.8 Å². The van der Waals surface area contributed by atoms with Crippen molar-refractivity contribution in [3.05, 3.63) is 11.6 Å². The summed E-state index contributed by atoms with van der Waals surface area (Å²) in [7, 11) is 0. The van der Waals surface area contributed by atoms with Gasteiger partial charge in [0.25, 0.3) is 0 Å². The van der Waals surface area contributed by atoms with E-state index >= 15 is 0 Å². The Morgan fingerprint density at radius 1 is 1.35 bits per heavy atom. The van der Waals surface area contributed by atoms with Gasteiger partial charge in [0.1, 0.15) is 11.1 Å². The summed E-state index contributed by atoms with van der Waals surface area (Å²) >= 11 is 0. The van der Waals surface area contributed by atoms with Gasteiger partial charge >= 0.3 is 5.97 Å². The Morgan fingerprint density at radius 3 is 2.47 bits per heavy atom. The lowest BCUT2D eigenvalue weighted by atomic mass is 9.88. The second kappa shape index (κ2) is 5.21. The van der Waals surface area contributed by atoms with Crippen molar-refractivity contribution in [2.75, 3.05) is 0 Å². The third-order valence-electron chi connectivity index (χ3n) is 2.84. The van der Waals surface area contributed by atoms with E-state index in [9.17, 15) is 4.79 Å². The Balaban J connectivity index is 2.60. The van der Waals surface area contributed by atoms with Crippen LogP contribution in [0.2, 0.25) is 0 Å². The third-order valence-corrected chi connectivity index (χ3v) is 2.84. The number of allylic oxidation sites excluding steroid dienone is 1. The Labute approximate surface area is 104 Å². The average molecular weight is 239 g/mol. The maximum atomic E-state index is 12.0. The van der Waals surface area contributed by atoms with E-state index in [0.717, 1.165) is 12.8 Å². The molecule has 1 atom stereocenters. The molecule has 0 aliphatic heterocycles. The molecule has 0 saturated heterocycles. The van der Waals surface area contributed by atoms with E-state index in [1.54, 1.807) is 6.92 Å². The van der Waals surface area contributed by atoms with Crippen LogP contribution in [-0.2, 0) is 9.53 Å². The quantitative estimate of drug-likeness (QED) is 0.608. The minimum atomic E-state index is -0.906. The van der Waals surface area contributed by atoms with Crippen LogP contribution in [-0.4, -0.2) is 17.1 Å². The topological polar surface area (TPSA) is 52.3 Å². The van der Waals surface area contributed by atoms with Gasteiger partial charge in [0.05, 0.1) is 0 Å². The van der Waals surface area contributed by atoms with Gasteiger partial charge in [-0.2, -0.15) is 0 Å². The predicted octanol–water partition coefficient (Wildman–Crippen LogP) is 2.94. The van der Waals surface area contributed by atoms with Crippen LogP contribution in [0.3, 0.4) is 0 Å². The molecule has 0 heterocycles. The summed E-state index contributed by atoms with van der Waals surface area (Å²) in [6, 6.07) is 0. The number of esters is 1. The molecule has 0 amide bonds. The van der Waals surface area contributed by atoms with E-state index < -0.39 is 11.1 Å². The molecule has 1 rings (SSSR count). The fourth-order valence-electron chi connectivity index (χ4n) is 2.00. The monoisotopic (exact) mass is 239 g/mol. The number of hydrogen-bond donors (Lipinski definition) is 1. The zero-order chi connectivity index (χ0) is 13.1. The van der Waals surface area contributed by atoms with E-state index in [1.807, 2.05) is 20.8 Å². The van der Waals surface area contributed by atoms with Crippen molar-refractivity contribution in [3.8, 4) is 0 Å². The number of ether oxygens (including phenoxy) is 1. The van der Waals surface area contributed by atoms with Crippen molar-refractivity contribution in [1.29, 1.82) is 0 Å². The Kier molecular flexibility index (Phi) is 4.36. The van der Waals surface area contributed by atoms with Crippen LogP contribution in [0.15, 0.2) is 11.6 Å². The van der Waals surface area contributed by atoms with Gasteiger partial charge in [0.2, 0.25) is 0 Å². The first kappa shape index (κ1) is 14.2. The summed E-state index contributed by atoms with van der Waals surface area (Å²) in [6.07, 6.45) is 7.46. The second-order valence-corrected chi connectivity index (χ2v) is 6.20. The molecule has 17 heavy (non-hydrogen) atoms. The SMILES string of the molecule is CC(C)(C)OC(=O)C(C)(N)CC1=CCCCC1. The number of carbonyl (C=O) groups is 1. The fourth-order valence-corrected chi connectivity index (χ4v) is 2.00. The molecule has 0 spiro atoms. The molecule has 2 N–H and O–H groups in total. The highest BCUT2D eigenvalue weighted by Gasteiger charge is 2.34. The number of hydrogen-bond acceptors (Lipinski definition) is 3. The molecule has 0 aromatic heterocycles. The molecular formula is C14H25NO2. The molecular weight excluding hydrogens is 214 g/mol. The molecule has 0 saturated carbocycles. The van der Waals surface area contributed by atoms with E-state index in [0.29, 0.717) is 6.42 Å². The van der Waals surface area contributed by atoms with Gasteiger partial charge in [-0.1, -0.05) is 11.6 Å². The fraction of sp³-hybridized carbons (Fsp3) is 0.786. The van der Waals surface area contributed by atoms with Gasteiger partial charge in [-0.15, -0.1) is 0 Å². The van der Waals surface area contributed by atoms with Gasteiger partial charge in [0, 0.05) is 0 Å². The minimum Gasteiger partial charge on any atom is -0.459 e. The zero-order valence-corrected chi connectivity index (χ0v) is 11.5. The average Bonchev–Trinajstić information content (AvgIpc) is 2.15. The normalized spacial score (nSPS) is 20.4. The number of carbonyl (C=O) groups excluding carboxylic acids is 1. The molecule has 0 radical (unpaired) electrons. The summed E-state index contributed by atoms with van der Waals surface area (Å²) in [5.74, 6) is -0.309. The summed E-state index contributed by atoms with van der Waals surface area (Å²) in [5, 5.41) is 0. The third kappa shape index (κ3) is 4.90. The standard InChI is InChI=1S/C14H25NO2/c1-13(2,3)17-12(16)14(4,15)10-11-8-6-5-7-9-11/h8H,5-7,9-10,15H2,1-4H3. The summed E-state index contributed by atoms with van der Waals surface area (Å²) < 4.78 is 5.35. The smallest absolute Gasteiger partial charge is 0.326 e. The van der Waals surface area contributed by atoms with Gasteiger partial charge in [-0.3, -0.25) is 4.79 Å². The van der Waals surface area contributed by atoms with Crippen LogP contribution in [0.5, 0.6) is 0 Å². The lowest BCUT2D eigenvalue weighted by molar-refractivity contribution is -0.160. The van der Waals surface area contributed by atoms with E-state index in [4.69, 9.17) is 10.5 Å². The van der Waals surface area contributed by atoms with Gasteiger partial charge in [-0.25, -0.2) is 0 Å². The Morgan fingerprint density at radius 2 is 2.00 bits per heavy atom. The van der Waals surface area contributed by atoms with E-state index in [-0.39, 0.29) is 5.97 Å². The van der Waals surface area contributed by atoms with Crippen LogP contribution >= 0.6 is 0 Å². The first-order chi connectivity index (χ1) is 7.71. The predicted molar refractivity (Wildman–Crippen MR) is 69.6 cm³/mol. The molecule has 1 unspecified atom stereocenters. The molecule has 0 aromatic carbocycles. The van der Waals surface area contributed by atoms with E-state index in [1.165, 1.54) is 18.4 Å². The first-order valence-corrected chi connectivity index (χ1v) is 6.41. The molecule has 0 fully saturated rings. The summed E-state index contributed by atoms with van der Waals surface area (Å²) in [5.41, 5.74) is 6.00. The largest absolute Gasteiger partial charge is 0.459 e. The maximum absolute atomic E-state index is 12.0. The van der Waals surface area contributed by atoms with Gasteiger partial charge in [0.15, 0.2) is 0 Å². The van der Waals surface area contributed by atoms with Gasteiger partial charge in [-0.05, 0) is 59.8 Å². The summed E-state index contributed by atoms with van der Waals surface area (Å²) in [6.45, 7) is 7.35. The van der Waals surface area contributed by atoms with Crippen molar-refractivity contribution in [2.45, 2.75) is 70.9 Å². The maximum Gasteiger partial charge on any atom is 0.326 e. The van der Waals surface area contributed by atoms with Crippen LogP contribution in [0.25, 0.3) is 0 Å². The van der Waals surface area contributed by atoms with Crippen LogP contribution in [0.4, 0.5) is 0 Å². The highest BCUT2D eigenvalue weighted by atomic mass is 16.6. The van der Waals surface area contributed by atoms with Crippen molar-refractivity contribution >= 4 is 5.97 Å². The van der Waals surface area contributed by atoms with Crippen LogP contribution in [0, 0.1) is 0 Å². The molecule has 98 valence electrons. The van der Waals surface area contributed by atoms with E-state index in [2.05, 4.69) is 6.08 Å². The molecule has 3 heteroatoms. The molecule has 1 aliphatic rings. The van der Waals surface area contributed by atoms with Gasteiger partial charge < -0.3 is 10.5 Å². The Hall–Kier alpha value is -0.830. The second-order valence-electron chi connectivity index (χ2n) is 6.20. The Bertz CT molecular complexity index is 311. The van der Waals surface area contributed by atoms with Crippen molar-refractivity contribution in [2.24, 2.45) is 5.73 Å². The molecule has 3 nitrogen and oxygen atoms in total. The number of nitrogens with two attached hydrogens (primary N) is 1. The lowest BCUT2D eigenvalue weighted by Gasteiger charge is -2.29. The first-order valence-electron chi connectivity index (χ1n) is 6.41. The zero-order valence-electron chi connectivity index (χ0n) is 11.5. The molecule has 0 aromatic rings. The highest BCUT2D eigenvalue weighted by Crippen LogP contribution is 2.26.